The monoisotopic (exact) mass is 405 g/mol. The zero-order chi connectivity index (χ0) is 21.7. The van der Waals surface area contributed by atoms with Crippen molar-refractivity contribution in [3.63, 3.8) is 0 Å². The van der Waals surface area contributed by atoms with Crippen LogP contribution in [0.15, 0.2) is 60.8 Å². The summed E-state index contributed by atoms with van der Waals surface area (Å²) in [7, 11) is 0. The molecule has 6 heteroatoms. The van der Waals surface area contributed by atoms with E-state index in [4.69, 9.17) is 4.74 Å². The summed E-state index contributed by atoms with van der Waals surface area (Å²) in [6.45, 7) is 8.22. The Hall–Kier alpha value is -3.41. The number of hydrogen-bond donors (Lipinski definition) is 1. The predicted octanol–water partition coefficient (Wildman–Crippen LogP) is 5.24. The minimum atomic E-state index is -0.571. The van der Waals surface area contributed by atoms with Gasteiger partial charge in [-0.25, -0.2) is 4.79 Å². The van der Waals surface area contributed by atoms with E-state index in [9.17, 15) is 9.59 Å². The molecule has 1 heterocycles. The molecule has 3 aromatic rings. The highest BCUT2D eigenvalue weighted by Gasteiger charge is 2.22. The summed E-state index contributed by atoms with van der Waals surface area (Å²) in [5.41, 5.74) is 1.25. The number of carbonyl (C=O) groups is 2. The van der Waals surface area contributed by atoms with Crippen LogP contribution in [0, 0.1) is 0 Å². The molecule has 0 unspecified atom stereocenters. The zero-order valence-electron chi connectivity index (χ0n) is 17.8. The van der Waals surface area contributed by atoms with Crippen LogP contribution in [-0.4, -0.2) is 34.0 Å². The summed E-state index contributed by atoms with van der Waals surface area (Å²) in [4.78, 5) is 31.4. The summed E-state index contributed by atoms with van der Waals surface area (Å²) in [6.07, 6.45) is 1.24. The van der Waals surface area contributed by atoms with Crippen molar-refractivity contribution in [1.29, 1.82) is 0 Å². The number of carbonyl (C=O) groups excluding carboxylic acids is 2. The van der Waals surface area contributed by atoms with Crippen molar-refractivity contribution in [2.75, 3.05) is 11.9 Å². The Morgan fingerprint density at radius 3 is 2.47 bits per heavy atom. The number of nitrogens with one attached hydrogen (secondary N) is 1. The molecule has 0 saturated carbocycles. The fraction of sp³-hybridized carbons (Fsp3) is 0.292. The van der Waals surface area contributed by atoms with Gasteiger partial charge in [0.1, 0.15) is 11.3 Å². The van der Waals surface area contributed by atoms with Gasteiger partial charge in [0.2, 0.25) is 0 Å². The van der Waals surface area contributed by atoms with Crippen LogP contribution >= 0.6 is 0 Å². The number of ether oxygens (including phenoxy) is 1. The molecule has 0 saturated heterocycles. The van der Waals surface area contributed by atoms with Gasteiger partial charge in [-0.2, -0.15) is 0 Å². The number of fused-ring (bicyclic) bond motifs is 1. The van der Waals surface area contributed by atoms with Crippen molar-refractivity contribution in [3.8, 4) is 0 Å². The SMILES string of the molecule is CCN(Cc1ccccc1NC(=O)c1nccc2ccccc12)C(=O)OC(C)(C)C. The van der Waals surface area contributed by atoms with Crippen LogP contribution in [0.4, 0.5) is 10.5 Å². The molecule has 1 aromatic heterocycles. The van der Waals surface area contributed by atoms with Crippen molar-refractivity contribution in [2.45, 2.75) is 39.8 Å². The molecule has 3 rings (SSSR count). The summed E-state index contributed by atoms with van der Waals surface area (Å²) in [5, 5.41) is 4.70. The molecule has 0 fully saturated rings. The third-order valence-electron chi connectivity index (χ3n) is 4.55. The van der Waals surface area contributed by atoms with Crippen molar-refractivity contribution < 1.29 is 14.3 Å². The number of anilines is 1. The lowest BCUT2D eigenvalue weighted by atomic mass is 10.1. The molecule has 2 aromatic carbocycles. The van der Waals surface area contributed by atoms with Crippen molar-refractivity contribution in [1.82, 2.24) is 9.88 Å². The van der Waals surface area contributed by atoms with Crippen molar-refractivity contribution >= 4 is 28.5 Å². The highest BCUT2D eigenvalue weighted by atomic mass is 16.6. The van der Waals surface area contributed by atoms with E-state index < -0.39 is 5.60 Å². The topological polar surface area (TPSA) is 71.5 Å². The van der Waals surface area contributed by atoms with E-state index in [0.717, 1.165) is 16.3 Å². The minimum Gasteiger partial charge on any atom is -0.444 e. The van der Waals surface area contributed by atoms with Crippen LogP contribution in [-0.2, 0) is 11.3 Å². The van der Waals surface area contributed by atoms with Crippen LogP contribution in [0.3, 0.4) is 0 Å². The zero-order valence-corrected chi connectivity index (χ0v) is 17.8. The van der Waals surface area contributed by atoms with E-state index in [1.165, 1.54) is 0 Å². The van der Waals surface area contributed by atoms with Gasteiger partial charge >= 0.3 is 6.09 Å². The molecule has 2 amide bonds. The second kappa shape index (κ2) is 8.95. The normalized spacial score (nSPS) is 11.2. The molecular formula is C24H27N3O3. The standard InChI is InChI=1S/C24H27N3O3/c1-5-27(23(29)30-24(2,3)4)16-18-11-7-9-13-20(18)26-22(28)21-19-12-8-6-10-17(19)14-15-25-21/h6-15H,5,16H2,1-4H3,(H,26,28). The van der Waals surface area contributed by atoms with E-state index in [1.54, 1.807) is 11.1 Å². The second-order valence-corrected chi connectivity index (χ2v) is 7.99. The number of amides is 2. The first-order chi connectivity index (χ1) is 14.3. The van der Waals surface area contributed by atoms with Gasteiger partial charge in [0.25, 0.3) is 5.91 Å². The molecule has 0 aliphatic heterocycles. The lowest BCUT2D eigenvalue weighted by molar-refractivity contribution is 0.0245. The number of hydrogen-bond acceptors (Lipinski definition) is 4. The van der Waals surface area contributed by atoms with Gasteiger partial charge in [0, 0.05) is 23.8 Å². The average molecular weight is 405 g/mol. The summed E-state index contributed by atoms with van der Waals surface area (Å²) < 4.78 is 5.49. The third-order valence-corrected chi connectivity index (χ3v) is 4.55. The van der Waals surface area contributed by atoms with Crippen LogP contribution in [0.25, 0.3) is 10.8 Å². The van der Waals surface area contributed by atoms with Crippen LogP contribution in [0.1, 0.15) is 43.7 Å². The largest absolute Gasteiger partial charge is 0.444 e. The molecule has 30 heavy (non-hydrogen) atoms. The number of para-hydroxylation sites is 1. The van der Waals surface area contributed by atoms with Gasteiger partial charge in [-0.1, -0.05) is 42.5 Å². The Morgan fingerprint density at radius 1 is 1.03 bits per heavy atom. The van der Waals surface area contributed by atoms with Crippen LogP contribution < -0.4 is 5.32 Å². The smallest absolute Gasteiger partial charge is 0.410 e. The van der Waals surface area contributed by atoms with Gasteiger partial charge < -0.3 is 15.0 Å². The molecule has 0 aliphatic carbocycles. The Morgan fingerprint density at radius 2 is 1.73 bits per heavy atom. The number of pyridine rings is 1. The maximum absolute atomic E-state index is 13.0. The predicted molar refractivity (Wildman–Crippen MR) is 118 cm³/mol. The lowest BCUT2D eigenvalue weighted by Gasteiger charge is -2.27. The summed E-state index contributed by atoms with van der Waals surface area (Å²) in [6, 6.07) is 16.9. The van der Waals surface area contributed by atoms with Gasteiger partial charge in [0.15, 0.2) is 0 Å². The second-order valence-electron chi connectivity index (χ2n) is 7.99. The Balaban J connectivity index is 1.83. The molecule has 0 spiro atoms. The first kappa shape index (κ1) is 21.3. The number of rotatable bonds is 5. The first-order valence-corrected chi connectivity index (χ1v) is 9.99. The molecule has 0 radical (unpaired) electrons. The van der Waals surface area contributed by atoms with E-state index >= 15 is 0 Å². The first-order valence-electron chi connectivity index (χ1n) is 9.99. The molecule has 156 valence electrons. The van der Waals surface area contributed by atoms with E-state index in [1.807, 2.05) is 82.3 Å². The maximum atomic E-state index is 13.0. The van der Waals surface area contributed by atoms with Gasteiger partial charge in [0.05, 0.1) is 6.54 Å². The molecule has 1 N–H and O–H groups in total. The quantitative estimate of drug-likeness (QED) is 0.630. The highest BCUT2D eigenvalue weighted by Crippen LogP contribution is 2.22. The maximum Gasteiger partial charge on any atom is 0.410 e. The van der Waals surface area contributed by atoms with Gasteiger partial charge in [-0.15, -0.1) is 0 Å². The van der Waals surface area contributed by atoms with Gasteiger partial charge in [-0.05, 0) is 50.8 Å². The fourth-order valence-electron chi connectivity index (χ4n) is 3.10. The van der Waals surface area contributed by atoms with Crippen LogP contribution in [0.5, 0.6) is 0 Å². The lowest BCUT2D eigenvalue weighted by Crippen LogP contribution is -2.36. The minimum absolute atomic E-state index is 0.292. The molecule has 0 aliphatic rings. The van der Waals surface area contributed by atoms with E-state index in [0.29, 0.717) is 24.5 Å². The molecule has 0 bridgehead atoms. The summed E-state index contributed by atoms with van der Waals surface area (Å²) >= 11 is 0. The fourth-order valence-corrected chi connectivity index (χ4v) is 3.10. The van der Waals surface area contributed by atoms with Gasteiger partial charge in [-0.3, -0.25) is 9.78 Å². The Labute approximate surface area is 176 Å². The number of aromatic nitrogens is 1. The van der Waals surface area contributed by atoms with Crippen molar-refractivity contribution in [2.24, 2.45) is 0 Å². The summed E-state index contributed by atoms with van der Waals surface area (Å²) in [5.74, 6) is -0.292. The number of nitrogens with zero attached hydrogens (tertiary/aromatic N) is 2. The van der Waals surface area contributed by atoms with Crippen molar-refractivity contribution in [3.05, 3.63) is 72.1 Å². The molecule has 0 atom stereocenters. The van der Waals surface area contributed by atoms with E-state index in [2.05, 4.69) is 10.3 Å². The van der Waals surface area contributed by atoms with Crippen LogP contribution in [0.2, 0.25) is 0 Å². The molecular weight excluding hydrogens is 378 g/mol. The molecule has 6 nitrogen and oxygen atoms in total. The average Bonchev–Trinajstić information content (AvgIpc) is 2.71. The van der Waals surface area contributed by atoms with E-state index in [-0.39, 0.29) is 12.0 Å². The highest BCUT2D eigenvalue weighted by molar-refractivity contribution is 6.11. The Kier molecular flexibility index (Phi) is 6.35. The number of benzene rings is 2. The Bertz CT molecular complexity index is 1050. The third kappa shape index (κ3) is 5.14.